The summed E-state index contributed by atoms with van der Waals surface area (Å²) in [6.45, 7) is 1.71. The molecule has 150 valence electrons. The molecule has 0 aromatic heterocycles. The highest BCUT2D eigenvalue weighted by atomic mass is 35.5. The first-order chi connectivity index (χ1) is 13.8. The Kier molecular flexibility index (Phi) is 6.00. The Balaban J connectivity index is 2.00. The van der Waals surface area contributed by atoms with E-state index in [1.807, 2.05) is 0 Å². The summed E-state index contributed by atoms with van der Waals surface area (Å²) in [5.41, 5.74) is 1.72. The molecule has 1 aliphatic heterocycles. The first-order valence-electron chi connectivity index (χ1n) is 8.47. The molecule has 0 unspecified atom stereocenters. The third-order valence-electron chi connectivity index (χ3n) is 4.34. The largest absolute Gasteiger partial charge is 0.495 e. The number of halogens is 1. The molecule has 1 atom stereocenters. The van der Waals surface area contributed by atoms with E-state index in [0.717, 1.165) is 0 Å². The summed E-state index contributed by atoms with van der Waals surface area (Å²) < 4.78 is 5.27. The summed E-state index contributed by atoms with van der Waals surface area (Å²) >= 11 is 11.2. The molecular formula is C19H17ClN4O4S. The second-order valence-electron chi connectivity index (χ2n) is 6.22. The molecule has 1 heterocycles. The van der Waals surface area contributed by atoms with Crippen LogP contribution in [0.15, 0.2) is 53.7 Å². The Morgan fingerprint density at radius 1 is 1.31 bits per heavy atom. The van der Waals surface area contributed by atoms with Crippen LogP contribution in [-0.4, -0.2) is 23.1 Å². The van der Waals surface area contributed by atoms with Gasteiger partial charge < -0.3 is 20.7 Å². The fraction of sp³-hybridized carbons (Fsp3) is 0.158. The summed E-state index contributed by atoms with van der Waals surface area (Å²) in [4.78, 5) is 23.8. The predicted molar refractivity (Wildman–Crippen MR) is 114 cm³/mol. The van der Waals surface area contributed by atoms with Crippen molar-refractivity contribution in [3.63, 3.8) is 0 Å². The SMILES string of the molecule is COc1ccc(Cl)cc1NC(=O)C1=C(C)NC(=S)N[C@@H]1c1cccc([N+](=O)[O-])c1. The molecule has 0 radical (unpaired) electrons. The van der Waals surface area contributed by atoms with Gasteiger partial charge in [0.2, 0.25) is 0 Å². The van der Waals surface area contributed by atoms with Gasteiger partial charge in [-0.3, -0.25) is 14.9 Å². The van der Waals surface area contributed by atoms with Gasteiger partial charge in [0.05, 0.1) is 29.3 Å². The number of nitrogens with zero attached hydrogens (tertiary/aromatic N) is 1. The van der Waals surface area contributed by atoms with Gasteiger partial charge in [0.15, 0.2) is 5.11 Å². The number of methoxy groups -OCH3 is 1. The number of carbonyl (C=O) groups excluding carboxylic acids is 1. The number of rotatable bonds is 5. The third kappa shape index (κ3) is 4.47. The van der Waals surface area contributed by atoms with Crippen LogP contribution in [-0.2, 0) is 4.79 Å². The predicted octanol–water partition coefficient (Wildman–Crippen LogP) is 3.69. The van der Waals surface area contributed by atoms with Crippen molar-refractivity contribution < 1.29 is 14.5 Å². The highest BCUT2D eigenvalue weighted by Crippen LogP contribution is 2.32. The lowest BCUT2D eigenvalue weighted by Gasteiger charge is -2.30. The van der Waals surface area contributed by atoms with E-state index in [1.54, 1.807) is 37.3 Å². The van der Waals surface area contributed by atoms with Crippen LogP contribution in [0.25, 0.3) is 0 Å². The van der Waals surface area contributed by atoms with E-state index in [0.29, 0.717) is 38.4 Å². The van der Waals surface area contributed by atoms with Gasteiger partial charge in [0, 0.05) is 22.9 Å². The lowest BCUT2D eigenvalue weighted by Crippen LogP contribution is -2.45. The first-order valence-corrected chi connectivity index (χ1v) is 9.26. The number of anilines is 1. The molecule has 0 saturated heterocycles. The number of non-ortho nitro benzene ring substituents is 1. The molecule has 10 heteroatoms. The molecule has 1 aliphatic rings. The number of benzene rings is 2. The molecule has 2 aromatic rings. The van der Waals surface area contributed by atoms with Gasteiger partial charge >= 0.3 is 0 Å². The summed E-state index contributed by atoms with van der Waals surface area (Å²) in [5, 5.41) is 20.6. The zero-order valence-electron chi connectivity index (χ0n) is 15.5. The molecule has 0 saturated carbocycles. The lowest BCUT2D eigenvalue weighted by atomic mass is 9.94. The summed E-state index contributed by atoms with van der Waals surface area (Å²) in [6, 6.07) is 10.2. The van der Waals surface area contributed by atoms with Crippen molar-refractivity contribution in [1.29, 1.82) is 0 Å². The quantitative estimate of drug-likeness (QED) is 0.376. The Morgan fingerprint density at radius 2 is 2.07 bits per heavy atom. The van der Waals surface area contributed by atoms with Crippen LogP contribution < -0.4 is 20.7 Å². The fourth-order valence-electron chi connectivity index (χ4n) is 3.03. The number of thiocarbonyl (C=S) groups is 1. The minimum absolute atomic E-state index is 0.0809. The highest BCUT2D eigenvalue weighted by Gasteiger charge is 2.31. The zero-order chi connectivity index (χ0) is 21.1. The first kappa shape index (κ1) is 20.6. The number of ether oxygens (including phenoxy) is 1. The normalized spacial score (nSPS) is 16.0. The molecule has 1 amide bonds. The maximum absolute atomic E-state index is 13.1. The maximum Gasteiger partial charge on any atom is 0.269 e. The van der Waals surface area contributed by atoms with Gasteiger partial charge in [-0.2, -0.15) is 0 Å². The van der Waals surface area contributed by atoms with Crippen LogP contribution in [0.2, 0.25) is 5.02 Å². The number of nitrogens with one attached hydrogen (secondary N) is 3. The smallest absolute Gasteiger partial charge is 0.269 e. The number of hydrogen-bond donors (Lipinski definition) is 3. The monoisotopic (exact) mass is 432 g/mol. The molecule has 8 nitrogen and oxygen atoms in total. The molecule has 0 aliphatic carbocycles. The summed E-state index contributed by atoms with van der Waals surface area (Å²) in [7, 11) is 1.48. The molecule has 0 spiro atoms. The molecule has 0 bridgehead atoms. The third-order valence-corrected chi connectivity index (χ3v) is 4.79. The number of carbonyl (C=O) groups is 1. The van der Waals surface area contributed by atoms with Crippen LogP contribution in [0.5, 0.6) is 5.75 Å². The van der Waals surface area contributed by atoms with E-state index in [4.69, 9.17) is 28.6 Å². The lowest BCUT2D eigenvalue weighted by molar-refractivity contribution is -0.384. The zero-order valence-corrected chi connectivity index (χ0v) is 17.1. The number of nitro benzene ring substituents is 1. The average Bonchev–Trinajstić information content (AvgIpc) is 2.67. The molecule has 3 N–H and O–H groups in total. The van der Waals surface area contributed by atoms with Gasteiger partial charge in [-0.1, -0.05) is 23.7 Å². The van der Waals surface area contributed by atoms with E-state index in [1.165, 1.54) is 19.2 Å². The molecule has 29 heavy (non-hydrogen) atoms. The van der Waals surface area contributed by atoms with Crippen LogP contribution in [0.4, 0.5) is 11.4 Å². The topological polar surface area (TPSA) is 106 Å². The van der Waals surface area contributed by atoms with E-state index < -0.39 is 16.9 Å². The van der Waals surface area contributed by atoms with Crippen LogP contribution >= 0.6 is 23.8 Å². The van der Waals surface area contributed by atoms with E-state index in [9.17, 15) is 14.9 Å². The number of hydrogen-bond acceptors (Lipinski definition) is 5. The van der Waals surface area contributed by atoms with Crippen LogP contribution in [0.1, 0.15) is 18.5 Å². The molecule has 0 fully saturated rings. The van der Waals surface area contributed by atoms with E-state index in [2.05, 4.69) is 16.0 Å². The minimum atomic E-state index is -0.672. The summed E-state index contributed by atoms with van der Waals surface area (Å²) in [6.07, 6.45) is 0. The second-order valence-corrected chi connectivity index (χ2v) is 7.07. The number of allylic oxidation sites excluding steroid dienone is 1. The van der Waals surface area contributed by atoms with E-state index >= 15 is 0 Å². The van der Waals surface area contributed by atoms with E-state index in [-0.39, 0.29) is 5.69 Å². The van der Waals surface area contributed by atoms with Gasteiger partial charge in [-0.05, 0) is 42.9 Å². The Bertz CT molecular complexity index is 1040. The van der Waals surface area contributed by atoms with Crippen molar-refractivity contribution in [2.24, 2.45) is 0 Å². The van der Waals surface area contributed by atoms with Crippen LogP contribution in [0, 0.1) is 10.1 Å². The highest BCUT2D eigenvalue weighted by molar-refractivity contribution is 7.80. The number of nitro groups is 1. The van der Waals surface area contributed by atoms with Gasteiger partial charge in [-0.25, -0.2) is 0 Å². The average molecular weight is 433 g/mol. The Labute approximate surface area is 177 Å². The fourth-order valence-corrected chi connectivity index (χ4v) is 3.47. The van der Waals surface area contributed by atoms with Crippen LogP contribution in [0.3, 0.4) is 0 Å². The maximum atomic E-state index is 13.1. The van der Waals surface area contributed by atoms with Gasteiger partial charge in [0.1, 0.15) is 5.75 Å². The summed E-state index contributed by atoms with van der Waals surface area (Å²) in [5.74, 6) is 0.0159. The van der Waals surface area contributed by atoms with Crippen molar-refractivity contribution >= 4 is 46.2 Å². The Morgan fingerprint density at radius 3 is 2.76 bits per heavy atom. The van der Waals surface area contributed by atoms with Crippen molar-refractivity contribution in [3.8, 4) is 5.75 Å². The minimum Gasteiger partial charge on any atom is -0.495 e. The van der Waals surface area contributed by atoms with Gasteiger partial charge in [0.25, 0.3) is 11.6 Å². The van der Waals surface area contributed by atoms with Gasteiger partial charge in [-0.15, -0.1) is 0 Å². The van der Waals surface area contributed by atoms with Crippen molar-refractivity contribution in [2.45, 2.75) is 13.0 Å². The molecule has 2 aromatic carbocycles. The molecule has 3 rings (SSSR count). The van der Waals surface area contributed by atoms with Crippen molar-refractivity contribution in [1.82, 2.24) is 10.6 Å². The van der Waals surface area contributed by atoms with Crippen molar-refractivity contribution in [3.05, 3.63) is 74.4 Å². The molecular weight excluding hydrogens is 416 g/mol. The second kappa shape index (κ2) is 8.46. The van der Waals surface area contributed by atoms with Crippen molar-refractivity contribution in [2.75, 3.05) is 12.4 Å². The number of amides is 1. The standard InChI is InChI=1S/C19H17ClN4O4S/c1-10-16(18(25)22-14-9-12(20)6-7-15(14)28-2)17(23-19(29)21-10)11-4-3-5-13(8-11)24(26)27/h3-9,17H,1-2H3,(H,22,25)(H2,21,23,29)/t17-/m1/s1. The Hall–Kier alpha value is -3.17.